The monoisotopic (exact) mass is 365 g/mol. The maximum atomic E-state index is 12.5. The van der Waals surface area contributed by atoms with Gasteiger partial charge in [0.25, 0.3) is 5.91 Å². The summed E-state index contributed by atoms with van der Waals surface area (Å²) < 4.78 is 0. The lowest BCUT2D eigenvalue weighted by atomic mass is 10.1. The maximum Gasteiger partial charge on any atom is 0.251 e. The topological polar surface area (TPSA) is 61.4 Å². The first-order valence-electron chi connectivity index (χ1n) is 9.50. The molecular weight excluding hydrogens is 338 g/mol. The van der Waals surface area contributed by atoms with Gasteiger partial charge in [-0.2, -0.15) is 0 Å². The number of nitrogens with zero attached hydrogens (tertiary/aromatic N) is 1. The lowest BCUT2D eigenvalue weighted by Crippen LogP contribution is -2.37. The fourth-order valence-corrected chi connectivity index (χ4v) is 2.86. The number of carbonyl (C=O) groups is 2. The molecule has 0 aromatic heterocycles. The average molecular weight is 365 g/mol. The predicted octanol–water partition coefficient (Wildman–Crippen LogP) is 3.43. The first kappa shape index (κ1) is 19.1. The number of nitrogens with one attached hydrogen (secondary N) is 2. The molecule has 1 saturated carbocycles. The Hall–Kier alpha value is -2.66. The molecule has 3 rings (SSSR count). The highest BCUT2D eigenvalue weighted by Gasteiger charge is 2.24. The van der Waals surface area contributed by atoms with Crippen LogP contribution in [0.2, 0.25) is 0 Å². The third-order valence-corrected chi connectivity index (χ3v) is 4.63. The molecule has 0 radical (unpaired) electrons. The summed E-state index contributed by atoms with van der Waals surface area (Å²) in [7, 11) is 0. The van der Waals surface area contributed by atoms with E-state index in [9.17, 15) is 9.59 Å². The van der Waals surface area contributed by atoms with E-state index in [0.29, 0.717) is 23.8 Å². The van der Waals surface area contributed by atoms with Crippen molar-refractivity contribution >= 4 is 17.5 Å². The molecule has 27 heavy (non-hydrogen) atoms. The van der Waals surface area contributed by atoms with Crippen molar-refractivity contribution in [2.75, 3.05) is 11.9 Å². The summed E-state index contributed by atoms with van der Waals surface area (Å²) in [6.45, 7) is 5.18. The van der Waals surface area contributed by atoms with Crippen molar-refractivity contribution in [3.8, 4) is 0 Å². The van der Waals surface area contributed by atoms with Gasteiger partial charge in [-0.3, -0.25) is 14.5 Å². The summed E-state index contributed by atoms with van der Waals surface area (Å²) in [5.74, 6) is -0.166. The van der Waals surface area contributed by atoms with Crippen LogP contribution in [0.15, 0.2) is 54.6 Å². The Morgan fingerprint density at radius 2 is 1.81 bits per heavy atom. The normalized spacial score (nSPS) is 13.6. The van der Waals surface area contributed by atoms with Gasteiger partial charge in [-0.25, -0.2) is 0 Å². The van der Waals surface area contributed by atoms with Crippen molar-refractivity contribution in [1.29, 1.82) is 0 Å². The Balaban J connectivity index is 1.59. The van der Waals surface area contributed by atoms with Gasteiger partial charge < -0.3 is 10.6 Å². The van der Waals surface area contributed by atoms with Gasteiger partial charge in [0.2, 0.25) is 5.91 Å². The lowest BCUT2D eigenvalue weighted by molar-refractivity contribution is -0.117. The highest BCUT2D eigenvalue weighted by Crippen LogP contribution is 2.20. The van der Waals surface area contributed by atoms with E-state index in [0.717, 1.165) is 19.4 Å². The molecule has 1 fully saturated rings. The zero-order valence-electron chi connectivity index (χ0n) is 15.9. The van der Waals surface area contributed by atoms with Crippen LogP contribution >= 0.6 is 0 Å². The second-order valence-corrected chi connectivity index (χ2v) is 7.36. The van der Waals surface area contributed by atoms with Crippen molar-refractivity contribution in [3.05, 3.63) is 65.7 Å². The zero-order chi connectivity index (χ0) is 19.2. The molecule has 142 valence electrons. The average Bonchev–Trinajstić information content (AvgIpc) is 3.46. The van der Waals surface area contributed by atoms with E-state index in [2.05, 4.69) is 41.5 Å². The van der Waals surface area contributed by atoms with Crippen molar-refractivity contribution in [2.24, 2.45) is 0 Å². The molecule has 0 heterocycles. The van der Waals surface area contributed by atoms with Gasteiger partial charge in [0.1, 0.15) is 0 Å². The van der Waals surface area contributed by atoms with Crippen LogP contribution in [0.3, 0.4) is 0 Å². The summed E-state index contributed by atoms with van der Waals surface area (Å²) in [6.07, 6.45) is 2.10. The lowest BCUT2D eigenvalue weighted by Gasteiger charge is -2.26. The fourth-order valence-electron chi connectivity index (χ4n) is 2.86. The van der Waals surface area contributed by atoms with Gasteiger partial charge in [0.05, 0.1) is 6.54 Å². The quantitative estimate of drug-likeness (QED) is 0.753. The number of amides is 2. The van der Waals surface area contributed by atoms with Crippen molar-refractivity contribution in [1.82, 2.24) is 10.2 Å². The molecular formula is C22H27N3O2. The predicted molar refractivity (Wildman–Crippen MR) is 108 cm³/mol. The third kappa shape index (κ3) is 5.93. The molecule has 0 spiro atoms. The molecule has 2 amide bonds. The second-order valence-electron chi connectivity index (χ2n) is 7.36. The van der Waals surface area contributed by atoms with Crippen LogP contribution in [0.4, 0.5) is 5.69 Å². The van der Waals surface area contributed by atoms with Crippen molar-refractivity contribution < 1.29 is 9.59 Å². The Labute approximate surface area is 160 Å². The molecule has 1 aliphatic carbocycles. The Bertz CT molecular complexity index is 785. The second kappa shape index (κ2) is 8.82. The van der Waals surface area contributed by atoms with Crippen molar-refractivity contribution in [3.63, 3.8) is 0 Å². The largest absolute Gasteiger partial charge is 0.349 e. The van der Waals surface area contributed by atoms with Gasteiger partial charge >= 0.3 is 0 Å². The van der Waals surface area contributed by atoms with E-state index in [-0.39, 0.29) is 17.9 Å². The number of rotatable bonds is 8. The summed E-state index contributed by atoms with van der Waals surface area (Å²) in [5.41, 5.74) is 2.40. The summed E-state index contributed by atoms with van der Waals surface area (Å²) in [4.78, 5) is 26.8. The van der Waals surface area contributed by atoms with Crippen molar-refractivity contribution in [2.45, 2.75) is 45.3 Å². The number of carbonyl (C=O) groups excluding carboxylic acids is 2. The number of anilines is 1. The first-order chi connectivity index (χ1) is 13.0. The van der Waals surface area contributed by atoms with Crippen LogP contribution in [0.5, 0.6) is 0 Å². The molecule has 0 unspecified atom stereocenters. The molecule has 5 nitrogen and oxygen atoms in total. The van der Waals surface area contributed by atoms with Gasteiger partial charge in [0, 0.05) is 29.9 Å². The molecule has 2 N–H and O–H groups in total. The minimum absolute atomic E-state index is 0.0820. The van der Waals surface area contributed by atoms with Gasteiger partial charge in [0.15, 0.2) is 0 Å². The molecule has 0 bridgehead atoms. The molecule has 2 aromatic carbocycles. The Morgan fingerprint density at radius 1 is 1.07 bits per heavy atom. The molecule has 0 saturated heterocycles. The summed E-state index contributed by atoms with van der Waals surface area (Å²) in [5, 5.41) is 5.88. The van der Waals surface area contributed by atoms with Gasteiger partial charge in [-0.15, -0.1) is 0 Å². The van der Waals surface area contributed by atoms with Crippen LogP contribution in [0.1, 0.15) is 42.6 Å². The Morgan fingerprint density at radius 3 is 2.48 bits per heavy atom. The molecule has 2 aromatic rings. The molecule has 5 heteroatoms. The maximum absolute atomic E-state index is 12.5. The number of hydrogen-bond acceptors (Lipinski definition) is 3. The standard InChI is InChI=1S/C22H27N3O2/c1-16(2)25(14-17-7-4-3-5-8-17)15-21(26)23-20-10-6-9-18(13-20)22(27)24-19-11-12-19/h3-10,13,16,19H,11-12,14-15H2,1-2H3,(H,23,26)(H,24,27). The van der Waals surface area contributed by atoms with E-state index in [1.807, 2.05) is 24.3 Å². The minimum Gasteiger partial charge on any atom is -0.349 e. The zero-order valence-corrected chi connectivity index (χ0v) is 15.9. The Kier molecular flexibility index (Phi) is 6.24. The minimum atomic E-state index is -0.0839. The molecule has 1 aliphatic rings. The van der Waals surface area contributed by atoms with E-state index in [4.69, 9.17) is 0 Å². The molecule has 0 aliphatic heterocycles. The van der Waals surface area contributed by atoms with Gasteiger partial charge in [-0.05, 0) is 50.5 Å². The molecule has 0 atom stereocenters. The van der Waals surface area contributed by atoms with Crippen LogP contribution < -0.4 is 10.6 Å². The van der Waals surface area contributed by atoms with Crippen LogP contribution in [0, 0.1) is 0 Å². The summed E-state index contributed by atoms with van der Waals surface area (Å²) in [6, 6.07) is 17.8. The van der Waals surface area contributed by atoms with E-state index < -0.39 is 0 Å². The summed E-state index contributed by atoms with van der Waals surface area (Å²) >= 11 is 0. The number of benzene rings is 2. The van der Waals surface area contributed by atoms with E-state index in [1.54, 1.807) is 18.2 Å². The number of hydrogen-bond donors (Lipinski definition) is 2. The van der Waals surface area contributed by atoms with Gasteiger partial charge in [-0.1, -0.05) is 36.4 Å². The fraction of sp³-hybridized carbons (Fsp3) is 0.364. The highest BCUT2D eigenvalue weighted by atomic mass is 16.2. The van der Waals surface area contributed by atoms with E-state index >= 15 is 0 Å². The first-order valence-corrected chi connectivity index (χ1v) is 9.50. The van der Waals surface area contributed by atoms with Crippen LogP contribution in [-0.4, -0.2) is 35.3 Å². The SMILES string of the molecule is CC(C)N(CC(=O)Nc1cccc(C(=O)NC2CC2)c1)Cc1ccccc1. The third-order valence-electron chi connectivity index (χ3n) is 4.63. The van der Waals surface area contributed by atoms with Crippen LogP contribution in [-0.2, 0) is 11.3 Å². The van der Waals surface area contributed by atoms with Crippen LogP contribution in [0.25, 0.3) is 0 Å². The highest BCUT2D eigenvalue weighted by molar-refractivity contribution is 5.97. The smallest absolute Gasteiger partial charge is 0.251 e. The van der Waals surface area contributed by atoms with E-state index in [1.165, 1.54) is 5.56 Å².